The van der Waals surface area contributed by atoms with Crippen LogP contribution in [-0.4, -0.2) is 12.5 Å². The van der Waals surface area contributed by atoms with Crippen LogP contribution < -0.4 is 0 Å². The summed E-state index contributed by atoms with van der Waals surface area (Å²) in [4.78, 5) is 2.83. The summed E-state index contributed by atoms with van der Waals surface area (Å²) in [6.07, 6.45) is 4.39. The first kappa shape index (κ1) is 16.7. The van der Waals surface area contributed by atoms with Crippen molar-refractivity contribution >= 4 is 86.5 Å². The van der Waals surface area contributed by atoms with Gasteiger partial charge in [-0.15, -0.1) is 46.2 Å². The largest absolute Gasteiger partial charge is 0.132 e. The van der Waals surface area contributed by atoms with E-state index in [1.165, 1.54) is 50.1 Å². The van der Waals surface area contributed by atoms with Crippen molar-refractivity contribution in [2.75, 3.05) is 12.5 Å². The van der Waals surface area contributed by atoms with Gasteiger partial charge in [-0.1, -0.05) is 60.7 Å². The average Bonchev–Trinajstić information content (AvgIpc) is 2.89. The van der Waals surface area contributed by atoms with Crippen molar-refractivity contribution in [3.05, 3.63) is 60.7 Å². The highest BCUT2D eigenvalue weighted by atomic mass is 32.2. The Morgan fingerprint density at radius 1 is 0.500 bits per heavy atom. The van der Waals surface area contributed by atoms with Gasteiger partial charge in [0.05, 0.1) is 18.8 Å². The zero-order chi connectivity index (χ0) is 17.7. The van der Waals surface area contributed by atoms with E-state index in [0.29, 0.717) is 0 Å². The van der Waals surface area contributed by atoms with Crippen LogP contribution in [0.25, 0.3) is 40.3 Å². The molecule has 1 heterocycles. The number of fused-ring (bicyclic) bond motifs is 6. The van der Waals surface area contributed by atoms with Crippen LogP contribution >= 0.6 is 46.2 Å². The molecule has 0 fully saturated rings. The van der Waals surface area contributed by atoms with Crippen molar-refractivity contribution in [1.82, 2.24) is 0 Å². The molecule has 0 aliphatic heterocycles. The van der Waals surface area contributed by atoms with E-state index in [1.807, 2.05) is 46.2 Å². The monoisotopic (exact) mass is 408 g/mol. The van der Waals surface area contributed by atoms with Gasteiger partial charge < -0.3 is 0 Å². The van der Waals surface area contributed by atoms with Crippen molar-refractivity contribution < 1.29 is 0 Å². The van der Waals surface area contributed by atoms with Gasteiger partial charge in [0.15, 0.2) is 0 Å². The summed E-state index contributed by atoms with van der Waals surface area (Å²) in [5.41, 5.74) is 0. The maximum atomic E-state index is 2.27. The van der Waals surface area contributed by atoms with Gasteiger partial charge in [-0.2, -0.15) is 0 Å². The predicted molar refractivity (Wildman–Crippen MR) is 125 cm³/mol. The Kier molecular flexibility index (Phi) is 4.24. The molecule has 0 saturated carbocycles. The van der Waals surface area contributed by atoms with E-state index in [2.05, 4.69) is 73.2 Å². The van der Waals surface area contributed by atoms with Crippen LogP contribution in [0.4, 0.5) is 0 Å². The van der Waals surface area contributed by atoms with E-state index in [-0.39, 0.29) is 0 Å². The first-order chi connectivity index (χ1) is 12.8. The number of hydrogen-bond donors (Lipinski definition) is 0. The molecule has 4 heteroatoms. The van der Waals surface area contributed by atoms with E-state index in [9.17, 15) is 0 Å². The van der Waals surface area contributed by atoms with Crippen molar-refractivity contribution in [1.29, 1.82) is 0 Å². The minimum Gasteiger partial charge on any atom is -0.132 e. The second-order valence-electron chi connectivity index (χ2n) is 6.06. The molecular weight excluding hydrogens is 393 g/mol. The van der Waals surface area contributed by atoms with E-state index < -0.39 is 0 Å². The highest BCUT2D eigenvalue weighted by molar-refractivity contribution is 7.99. The number of rotatable bonds is 2. The molecule has 0 bridgehead atoms. The molecule has 0 amide bonds. The molecule has 5 aromatic rings. The van der Waals surface area contributed by atoms with Gasteiger partial charge in [0.25, 0.3) is 0 Å². The summed E-state index contributed by atoms with van der Waals surface area (Å²) < 4.78 is 5.71. The Hall–Kier alpha value is -1.46. The third-order valence-corrected chi connectivity index (χ3v) is 9.36. The van der Waals surface area contributed by atoms with Crippen molar-refractivity contribution in [3.63, 3.8) is 0 Å². The molecule has 0 atom stereocenters. The van der Waals surface area contributed by atoms with Gasteiger partial charge in [0.1, 0.15) is 0 Å². The lowest BCUT2D eigenvalue weighted by Crippen LogP contribution is -1.65. The van der Waals surface area contributed by atoms with Crippen molar-refractivity contribution in [2.24, 2.45) is 0 Å². The first-order valence-electron chi connectivity index (χ1n) is 8.36. The van der Waals surface area contributed by atoms with E-state index in [1.54, 1.807) is 0 Å². The molecule has 5 rings (SSSR count). The number of thioether (sulfide) groups is 2. The normalized spacial score (nSPS) is 11.8. The first-order valence-corrected chi connectivity index (χ1v) is 12.4. The quantitative estimate of drug-likeness (QED) is 0.269. The van der Waals surface area contributed by atoms with Gasteiger partial charge >= 0.3 is 0 Å². The lowest BCUT2D eigenvalue weighted by atomic mass is 10.3. The SMILES string of the molecule is CSc1c2cccccc2c2sc3c(sc12)c(SC)c1cccccc13. The molecule has 0 saturated heterocycles. The van der Waals surface area contributed by atoms with Gasteiger partial charge in [0, 0.05) is 20.6 Å². The molecule has 0 aliphatic rings. The van der Waals surface area contributed by atoms with Crippen LogP contribution in [0.2, 0.25) is 0 Å². The van der Waals surface area contributed by atoms with Crippen LogP contribution in [0, 0.1) is 0 Å². The highest BCUT2D eigenvalue weighted by Crippen LogP contribution is 2.50. The van der Waals surface area contributed by atoms with Crippen molar-refractivity contribution in [2.45, 2.75) is 9.79 Å². The topological polar surface area (TPSA) is 0 Å². The number of hydrogen-bond acceptors (Lipinski definition) is 4. The molecule has 0 spiro atoms. The van der Waals surface area contributed by atoms with Gasteiger partial charge in [0.2, 0.25) is 0 Å². The zero-order valence-corrected chi connectivity index (χ0v) is 17.7. The molecule has 0 unspecified atom stereocenters. The van der Waals surface area contributed by atoms with Gasteiger partial charge in [-0.3, -0.25) is 0 Å². The zero-order valence-electron chi connectivity index (χ0n) is 14.4. The van der Waals surface area contributed by atoms with Gasteiger partial charge in [-0.25, -0.2) is 0 Å². The molecule has 1 aromatic heterocycles. The third-order valence-electron chi connectivity index (χ3n) is 4.70. The Labute approximate surface area is 168 Å². The molecule has 0 nitrogen and oxygen atoms in total. The van der Waals surface area contributed by atoms with E-state index >= 15 is 0 Å². The fraction of sp³-hybridized carbons (Fsp3) is 0.0909. The van der Waals surface area contributed by atoms with Crippen LogP contribution in [0.1, 0.15) is 0 Å². The molecule has 0 radical (unpaired) electrons. The summed E-state index contributed by atoms with van der Waals surface area (Å²) >= 11 is 7.66. The predicted octanol–water partition coefficient (Wildman–Crippen LogP) is 8.43. The maximum absolute atomic E-state index is 2.27. The highest BCUT2D eigenvalue weighted by Gasteiger charge is 2.18. The molecular formula is C22H16S4. The standard InChI is InChI=1S/C22H16S4/c1-23-17-13-9-5-3-7-11-15(13)19-21(17)26-22-18(24-2)14-10-6-4-8-12-16(14)20(22)25-19/h3-12H,1-2H3. The van der Waals surface area contributed by atoms with E-state index in [0.717, 1.165) is 0 Å². The molecule has 26 heavy (non-hydrogen) atoms. The molecule has 128 valence electrons. The second-order valence-corrected chi connectivity index (χ2v) is 9.74. The third kappa shape index (κ3) is 2.36. The van der Waals surface area contributed by atoms with Crippen molar-refractivity contribution in [3.8, 4) is 0 Å². The smallest absolute Gasteiger partial charge is 0.0597 e. The minimum absolute atomic E-state index is 1.37. The Morgan fingerprint density at radius 3 is 1.31 bits per heavy atom. The molecule has 4 aromatic carbocycles. The fourth-order valence-corrected chi connectivity index (χ4v) is 8.51. The summed E-state index contributed by atoms with van der Waals surface area (Å²) in [6.45, 7) is 0. The summed E-state index contributed by atoms with van der Waals surface area (Å²) in [5, 5.41) is 5.49. The Balaban J connectivity index is 2.07. The van der Waals surface area contributed by atoms with E-state index in [4.69, 9.17) is 0 Å². The average molecular weight is 409 g/mol. The molecule has 0 N–H and O–H groups in total. The van der Waals surface area contributed by atoms with Gasteiger partial charge in [-0.05, 0) is 23.3 Å². The van der Waals surface area contributed by atoms with Crippen LogP contribution in [-0.2, 0) is 0 Å². The Bertz CT molecular complexity index is 1210. The fourth-order valence-electron chi connectivity index (χ4n) is 3.58. The minimum atomic E-state index is 1.37. The summed E-state index contributed by atoms with van der Waals surface area (Å²) in [6, 6.07) is 21.9. The van der Waals surface area contributed by atoms with Crippen LogP contribution in [0.15, 0.2) is 70.5 Å². The summed E-state index contributed by atoms with van der Waals surface area (Å²) in [7, 11) is 0. The second kappa shape index (κ2) is 6.61. The van der Waals surface area contributed by atoms with Crippen LogP contribution in [0.3, 0.4) is 0 Å². The summed E-state index contributed by atoms with van der Waals surface area (Å²) in [5.74, 6) is 0. The van der Waals surface area contributed by atoms with Crippen LogP contribution in [0.5, 0.6) is 0 Å². The maximum Gasteiger partial charge on any atom is 0.0597 e. The molecule has 0 aliphatic carbocycles. The lowest BCUT2D eigenvalue weighted by Gasteiger charge is -1.98. The lowest BCUT2D eigenvalue weighted by molar-refractivity contribution is 1.76. The Morgan fingerprint density at radius 2 is 0.885 bits per heavy atom.